The standard InChI is InChI=1S/C12H23N3O2/c1-9(11(13)16)14-10(2)12(17)15-7-5-3-4-6-8-15/h9-10,14H,3-8H2,1-2H3,(H2,13,16). The first-order valence-corrected chi connectivity index (χ1v) is 6.36. The number of rotatable bonds is 4. The molecule has 1 fully saturated rings. The van der Waals surface area contributed by atoms with Crippen molar-refractivity contribution in [1.82, 2.24) is 10.2 Å². The quantitative estimate of drug-likeness (QED) is 0.740. The predicted octanol–water partition coefficient (Wildman–Crippen LogP) is 0.241. The summed E-state index contributed by atoms with van der Waals surface area (Å²) in [7, 11) is 0. The van der Waals surface area contributed by atoms with E-state index in [4.69, 9.17) is 5.73 Å². The molecule has 0 radical (unpaired) electrons. The summed E-state index contributed by atoms with van der Waals surface area (Å²) in [5, 5.41) is 2.93. The van der Waals surface area contributed by atoms with Crippen LogP contribution in [0.15, 0.2) is 0 Å². The van der Waals surface area contributed by atoms with Crippen LogP contribution >= 0.6 is 0 Å². The molecule has 17 heavy (non-hydrogen) atoms. The number of amides is 2. The van der Waals surface area contributed by atoms with Gasteiger partial charge in [-0.15, -0.1) is 0 Å². The van der Waals surface area contributed by atoms with Crippen molar-refractivity contribution < 1.29 is 9.59 Å². The van der Waals surface area contributed by atoms with E-state index in [0.717, 1.165) is 25.9 Å². The van der Waals surface area contributed by atoms with Gasteiger partial charge in [-0.3, -0.25) is 14.9 Å². The Morgan fingerprint density at radius 2 is 1.59 bits per heavy atom. The van der Waals surface area contributed by atoms with Crippen LogP contribution in [0.1, 0.15) is 39.5 Å². The minimum absolute atomic E-state index is 0.0694. The highest BCUT2D eigenvalue weighted by Gasteiger charge is 2.23. The van der Waals surface area contributed by atoms with Crippen LogP contribution in [-0.4, -0.2) is 41.9 Å². The molecule has 2 atom stereocenters. The van der Waals surface area contributed by atoms with Gasteiger partial charge in [0.05, 0.1) is 12.1 Å². The lowest BCUT2D eigenvalue weighted by Crippen LogP contribution is -2.51. The SMILES string of the molecule is CC(NC(C)C(=O)N1CCCCCC1)C(N)=O. The van der Waals surface area contributed by atoms with E-state index >= 15 is 0 Å². The molecule has 2 amide bonds. The average molecular weight is 241 g/mol. The van der Waals surface area contributed by atoms with Crippen LogP contribution in [0.3, 0.4) is 0 Å². The molecule has 1 rings (SSSR count). The summed E-state index contributed by atoms with van der Waals surface area (Å²) in [5.41, 5.74) is 5.16. The lowest BCUT2D eigenvalue weighted by Gasteiger charge is -2.25. The number of nitrogens with one attached hydrogen (secondary N) is 1. The first-order valence-electron chi connectivity index (χ1n) is 6.36. The zero-order valence-electron chi connectivity index (χ0n) is 10.7. The molecule has 0 bridgehead atoms. The van der Waals surface area contributed by atoms with Gasteiger partial charge in [0, 0.05) is 13.1 Å². The van der Waals surface area contributed by atoms with Gasteiger partial charge >= 0.3 is 0 Å². The van der Waals surface area contributed by atoms with Crippen molar-refractivity contribution in [1.29, 1.82) is 0 Å². The van der Waals surface area contributed by atoms with E-state index in [1.807, 2.05) is 4.90 Å². The summed E-state index contributed by atoms with van der Waals surface area (Å²) < 4.78 is 0. The summed E-state index contributed by atoms with van der Waals surface area (Å²) >= 11 is 0. The van der Waals surface area contributed by atoms with Crippen molar-refractivity contribution in [2.24, 2.45) is 5.73 Å². The molecule has 0 aromatic carbocycles. The summed E-state index contributed by atoms with van der Waals surface area (Å²) in [6.07, 6.45) is 4.54. The van der Waals surface area contributed by atoms with Gasteiger partial charge in [0.2, 0.25) is 11.8 Å². The molecule has 3 N–H and O–H groups in total. The van der Waals surface area contributed by atoms with Crippen LogP contribution < -0.4 is 11.1 Å². The molecule has 1 aliphatic rings. The Bertz CT molecular complexity index is 273. The fourth-order valence-electron chi connectivity index (χ4n) is 2.09. The van der Waals surface area contributed by atoms with Crippen molar-refractivity contribution >= 4 is 11.8 Å². The van der Waals surface area contributed by atoms with Crippen molar-refractivity contribution in [3.63, 3.8) is 0 Å². The van der Waals surface area contributed by atoms with Gasteiger partial charge in [0.25, 0.3) is 0 Å². The molecule has 5 heteroatoms. The maximum Gasteiger partial charge on any atom is 0.239 e. The number of likely N-dealkylation sites (tertiary alicyclic amines) is 1. The number of carbonyl (C=O) groups excluding carboxylic acids is 2. The van der Waals surface area contributed by atoms with Crippen molar-refractivity contribution in [2.75, 3.05) is 13.1 Å². The molecule has 98 valence electrons. The van der Waals surface area contributed by atoms with Gasteiger partial charge in [-0.1, -0.05) is 12.8 Å². The minimum atomic E-state index is -0.471. The summed E-state index contributed by atoms with van der Waals surface area (Å²) in [6.45, 7) is 5.12. The fourth-order valence-corrected chi connectivity index (χ4v) is 2.09. The minimum Gasteiger partial charge on any atom is -0.368 e. The molecule has 0 saturated carbocycles. The Hall–Kier alpha value is -1.10. The summed E-state index contributed by atoms with van der Waals surface area (Å²) in [6, 6.07) is -0.823. The number of primary amides is 1. The van der Waals surface area contributed by atoms with E-state index < -0.39 is 11.9 Å². The normalized spacial score (nSPS) is 20.5. The van der Waals surface area contributed by atoms with E-state index in [9.17, 15) is 9.59 Å². The summed E-state index contributed by atoms with van der Waals surface area (Å²) in [4.78, 5) is 24.9. The lowest BCUT2D eigenvalue weighted by molar-refractivity contribution is -0.133. The van der Waals surface area contributed by atoms with E-state index in [0.29, 0.717) is 0 Å². The van der Waals surface area contributed by atoms with Gasteiger partial charge in [-0.25, -0.2) is 0 Å². The molecule has 0 aliphatic carbocycles. The second-order valence-corrected chi connectivity index (χ2v) is 4.75. The van der Waals surface area contributed by atoms with Crippen LogP contribution in [0.2, 0.25) is 0 Å². The fraction of sp³-hybridized carbons (Fsp3) is 0.833. The van der Waals surface area contributed by atoms with Crippen LogP contribution in [0.5, 0.6) is 0 Å². The highest BCUT2D eigenvalue weighted by Crippen LogP contribution is 2.10. The van der Waals surface area contributed by atoms with Gasteiger partial charge in [-0.05, 0) is 26.7 Å². The first-order chi connectivity index (χ1) is 8.02. The van der Waals surface area contributed by atoms with Crippen LogP contribution in [0, 0.1) is 0 Å². The maximum absolute atomic E-state index is 12.1. The van der Waals surface area contributed by atoms with Crippen molar-refractivity contribution in [3.8, 4) is 0 Å². The number of nitrogens with two attached hydrogens (primary N) is 1. The monoisotopic (exact) mass is 241 g/mol. The largest absolute Gasteiger partial charge is 0.368 e. The molecule has 0 aromatic rings. The lowest BCUT2D eigenvalue weighted by atomic mass is 10.2. The zero-order chi connectivity index (χ0) is 12.8. The second kappa shape index (κ2) is 6.59. The third kappa shape index (κ3) is 4.34. The Morgan fingerprint density at radius 3 is 2.06 bits per heavy atom. The van der Waals surface area contributed by atoms with Crippen molar-refractivity contribution in [2.45, 2.75) is 51.6 Å². The number of carbonyl (C=O) groups is 2. The highest BCUT2D eigenvalue weighted by molar-refractivity contribution is 5.84. The molecule has 0 spiro atoms. The Labute approximate surface area is 103 Å². The Kier molecular flexibility index (Phi) is 5.41. The zero-order valence-corrected chi connectivity index (χ0v) is 10.7. The summed E-state index contributed by atoms with van der Waals surface area (Å²) in [5.74, 6) is -0.361. The molecule has 2 unspecified atom stereocenters. The molecule has 5 nitrogen and oxygen atoms in total. The number of nitrogens with zero attached hydrogens (tertiary/aromatic N) is 1. The van der Waals surface area contributed by atoms with Gasteiger partial charge in [-0.2, -0.15) is 0 Å². The van der Waals surface area contributed by atoms with Gasteiger partial charge in [0.15, 0.2) is 0 Å². The van der Waals surface area contributed by atoms with E-state index in [2.05, 4.69) is 5.32 Å². The van der Waals surface area contributed by atoms with Gasteiger partial charge < -0.3 is 10.6 Å². The molecular formula is C12H23N3O2. The van der Waals surface area contributed by atoms with Crippen molar-refractivity contribution in [3.05, 3.63) is 0 Å². The van der Waals surface area contributed by atoms with Gasteiger partial charge in [0.1, 0.15) is 0 Å². The molecule has 1 aliphatic heterocycles. The molecule has 1 heterocycles. The third-order valence-electron chi connectivity index (χ3n) is 3.21. The van der Waals surface area contributed by atoms with E-state index in [-0.39, 0.29) is 11.9 Å². The van der Waals surface area contributed by atoms with Crippen LogP contribution in [0.25, 0.3) is 0 Å². The maximum atomic E-state index is 12.1. The van der Waals surface area contributed by atoms with E-state index in [1.165, 1.54) is 12.8 Å². The smallest absolute Gasteiger partial charge is 0.239 e. The number of hydrogen-bond acceptors (Lipinski definition) is 3. The topological polar surface area (TPSA) is 75.4 Å². The first kappa shape index (κ1) is 14.0. The predicted molar refractivity (Wildman–Crippen MR) is 66.3 cm³/mol. The molecule has 1 saturated heterocycles. The third-order valence-corrected chi connectivity index (χ3v) is 3.21. The Balaban J connectivity index is 2.47. The average Bonchev–Trinajstić information content (AvgIpc) is 2.56. The second-order valence-electron chi connectivity index (χ2n) is 4.75. The molecule has 0 aromatic heterocycles. The highest BCUT2D eigenvalue weighted by atomic mass is 16.2. The Morgan fingerprint density at radius 1 is 1.06 bits per heavy atom. The van der Waals surface area contributed by atoms with Crippen LogP contribution in [0.4, 0.5) is 0 Å². The number of hydrogen-bond donors (Lipinski definition) is 2. The molecular weight excluding hydrogens is 218 g/mol. The van der Waals surface area contributed by atoms with E-state index in [1.54, 1.807) is 13.8 Å². The van der Waals surface area contributed by atoms with Crippen LogP contribution in [-0.2, 0) is 9.59 Å².